The highest BCUT2D eigenvalue weighted by Crippen LogP contribution is 2.28. The van der Waals surface area contributed by atoms with E-state index in [0.717, 1.165) is 32.1 Å². The van der Waals surface area contributed by atoms with E-state index in [2.05, 4.69) is 20.1 Å². The van der Waals surface area contributed by atoms with E-state index >= 15 is 0 Å². The summed E-state index contributed by atoms with van der Waals surface area (Å²) in [6.07, 6.45) is 0. The van der Waals surface area contributed by atoms with E-state index in [1.165, 1.54) is 23.1 Å². The fraction of sp³-hybridized carbons (Fsp3) is 0.316. The number of Topliss-reactive ketones (excluding diaryl/α,β-unsaturated/α-hetero) is 1. The summed E-state index contributed by atoms with van der Waals surface area (Å²) in [6.45, 7) is 5.23. The number of nitrogens with zero attached hydrogens (tertiary/aromatic N) is 3. The van der Waals surface area contributed by atoms with Crippen LogP contribution in [0.2, 0.25) is 5.02 Å². The number of rotatable bonds is 9. The van der Waals surface area contributed by atoms with Crippen molar-refractivity contribution in [3.8, 4) is 5.69 Å². The molecule has 0 saturated carbocycles. The third kappa shape index (κ3) is 4.94. The lowest BCUT2D eigenvalue weighted by molar-refractivity contribution is 0.102. The number of carbonyl (C=O) groups excluding carboxylic acids is 1. The van der Waals surface area contributed by atoms with Crippen molar-refractivity contribution in [2.75, 3.05) is 31.3 Å². The molecule has 0 atom stereocenters. The Bertz CT molecular complexity index is 954. The number of methoxy groups -OCH3 is 1. The molecule has 0 saturated heterocycles. The van der Waals surface area contributed by atoms with Crippen LogP contribution in [-0.4, -0.2) is 46.6 Å². The van der Waals surface area contributed by atoms with Gasteiger partial charge in [-0.2, -0.15) is 0 Å². The normalized spacial score (nSPS) is 11.0. The molecule has 0 bridgehead atoms. The Morgan fingerprint density at radius 2 is 2.04 bits per heavy atom. The van der Waals surface area contributed by atoms with E-state index in [4.69, 9.17) is 16.3 Å². The molecule has 9 heteroatoms. The van der Waals surface area contributed by atoms with Crippen molar-refractivity contribution < 1.29 is 9.53 Å². The van der Waals surface area contributed by atoms with Gasteiger partial charge in [0.25, 0.3) is 0 Å². The van der Waals surface area contributed by atoms with Gasteiger partial charge in [-0.15, -0.1) is 10.2 Å². The molecule has 1 aromatic carbocycles. The maximum atomic E-state index is 12.8. The molecule has 0 fully saturated rings. The summed E-state index contributed by atoms with van der Waals surface area (Å²) >= 11 is 8.82. The number of halogens is 1. The number of ketones is 1. The molecule has 1 N–H and O–H groups in total. The number of benzene rings is 1. The lowest BCUT2D eigenvalue weighted by Crippen LogP contribution is -2.06. The molecule has 6 nitrogen and oxygen atoms in total. The fourth-order valence-electron chi connectivity index (χ4n) is 2.84. The molecule has 148 valence electrons. The maximum Gasteiger partial charge on any atom is 0.206 e. The van der Waals surface area contributed by atoms with Gasteiger partial charge >= 0.3 is 0 Å². The topological polar surface area (TPSA) is 69.0 Å². The van der Waals surface area contributed by atoms with Crippen LogP contribution in [0.25, 0.3) is 5.69 Å². The van der Waals surface area contributed by atoms with Crippen LogP contribution in [0.1, 0.15) is 21.7 Å². The van der Waals surface area contributed by atoms with Crippen LogP contribution in [0.15, 0.2) is 34.7 Å². The van der Waals surface area contributed by atoms with Crippen molar-refractivity contribution in [3.63, 3.8) is 0 Å². The van der Waals surface area contributed by atoms with E-state index < -0.39 is 0 Å². The summed E-state index contributed by atoms with van der Waals surface area (Å²) < 4.78 is 7.82. The van der Waals surface area contributed by atoms with E-state index in [-0.39, 0.29) is 5.78 Å². The Morgan fingerprint density at radius 3 is 2.75 bits per heavy atom. The molecular weight excluding hydrogens is 416 g/mol. The number of thioether (sulfide) groups is 1. The van der Waals surface area contributed by atoms with Crippen LogP contribution in [-0.2, 0) is 4.74 Å². The zero-order valence-corrected chi connectivity index (χ0v) is 18.2. The summed E-state index contributed by atoms with van der Waals surface area (Å²) in [4.78, 5) is 12.8. The molecule has 0 unspecified atom stereocenters. The van der Waals surface area contributed by atoms with E-state index in [0.29, 0.717) is 23.9 Å². The number of aromatic nitrogens is 3. The molecule has 2 aromatic heterocycles. The highest BCUT2D eigenvalue weighted by atomic mass is 35.5. The van der Waals surface area contributed by atoms with Gasteiger partial charge < -0.3 is 14.6 Å². The first-order valence-corrected chi connectivity index (χ1v) is 10.8. The number of nitrogens with one attached hydrogen (secondary N) is 1. The van der Waals surface area contributed by atoms with Gasteiger partial charge in [-0.05, 0) is 44.2 Å². The zero-order valence-electron chi connectivity index (χ0n) is 15.9. The van der Waals surface area contributed by atoms with Gasteiger partial charge in [-0.3, -0.25) is 4.79 Å². The molecular formula is C19H21ClN4O2S2. The van der Waals surface area contributed by atoms with Crippen molar-refractivity contribution >= 4 is 45.6 Å². The third-order valence-electron chi connectivity index (χ3n) is 4.13. The molecule has 3 rings (SSSR count). The molecule has 0 amide bonds. The number of hydrogen-bond donors (Lipinski definition) is 1. The van der Waals surface area contributed by atoms with Gasteiger partial charge in [-0.25, -0.2) is 0 Å². The second-order valence-corrected chi connectivity index (χ2v) is 8.74. The van der Waals surface area contributed by atoms with Crippen LogP contribution in [0.4, 0.5) is 5.13 Å². The first kappa shape index (κ1) is 20.9. The molecule has 0 aliphatic rings. The predicted molar refractivity (Wildman–Crippen MR) is 116 cm³/mol. The van der Waals surface area contributed by atoms with Crippen LogP contribution >= 0.6 is 34.7 Å². The average molecular weight is 437 g/mol. The van der Waals surface area contributed by atoms with Gasteiger partial charge in [-0.1, -0.05) is 34.7 Å². The van der Waals surface area contributed by atoms with Gasteiger partial charge in [0.2, 0.25) is 5.13 Å². The Hall–Kier alpha value is -1.87. The largest absolute Gasteiger partial charge is 0.383 e. The SMILES string of the molecule is COCCNc1nnc(SCC(=O)c2cc(C)n(-c3ccc(Cl)cc3)c2C)s1. The number of carbonyl (C=O) groups is 1. The Balaban J connectivity index is 1.67. The predicted octanol–water partition coefficient (Wildman–Crippen LogP) is 4.63. The first-order chi connectivity index (χ1) is 13.5. The smallest absolute Gasteiger partial charge is 0.206 e. The lowest BCUT2D eigenvalue weighted by atomic mass is 10.2. The van der Waals surface area contributed by atoms with E-state index in [1.807, 2.05) is 44.2 Å². The van der Waals surface area contributed by atoms with Crippen molar-refractivity contribution in [1.29, 1.82) is 0 Å². The molecule has 0 spiro atoms. The van der Waals surface area contributed by atoms with Crippen LogP contribution in [0.3, 0.4) is 0 Å². The fourth-order valence-corrected chi connectivity index (χ4v) is 4.62. The summed E-state index contributed by atoms with van der Waals surface area (Å²) in [5.74, 6) is 0.389. The first-order valence-electron chi connectivity index (χ1n) is 8.66. The van der Waals surface area contributed by atoms with Gasteiger partial charge in [0, 0.05) is 41.3 Å². The molecule has 0 aliphatic carbocycles. The summed E-state index contributed by atoms with van der Waals surface area (Å²) in [5, 5.41) is 12.7. The standard InChI is InChI=1S/C19H21ClN4O2S2/c1-12-10-16(13(2)24(12)15-6-4-14(20)5-7-15)17(25)11-27-19-23-22-18(28-19)21-8-9-26-3/h4-7,10H,8-9,11H2,1-3H3,(H,21,22). The second kappa shape index (κ2) is 9.56. The monoisotopic (exact) mass is 436 g/mol. The number of ether oxygens (including phenoxy) is 1. The van der Waals surface area contributed by atoms with Crippen LogP contribution in [0.5, 0.6) is 0 Å². The summed E-state index contributed by atoms with van der Waals surface area (Å²) in [6, 6.07) is 9.53. The minimum absolute atomic E-state index is 0.0717. The van der Waals surface area contributed by atoms with Crippen molar-refractivity contribution in [3.05, 3.63) is 52.3 Å². The van der Waals surface area contributed by atoms with Crippen LogP contribution in [0, 0.1) is 13.8 Å². The summed E-state index contributed by atoms with van der Waals surface area (Å²) in [5.41, 5.74) is 3.64. The quantitative estimate of drug-likeness (QED) is 0.299. The van der Waals surface area contributed by atoms with E-state index in [1.54, 1.807) is 7.11 Å². The van der Waals surface area contributed by atoms with Gasteiger partial charge in [0.1, 0.15) is 0 Å². The Morgan fingerprint density at radius 1 is 1.29 bits per heavy atom. The minimum Gasteiger partial charge on any atom is -0.383 e. The molecule has 2 heterocycles. The number of anilines is 1. The average Bonchev–Trinajstić information content (AvgIpc) is 3.25. The molecule has 0 radical (unpaired) electrons. The van der Waals surface area contributed by atoms with Gasteiger partial charge in [0.15, 0.2) is 10.1 Å². The van der Waals surface area contributed by atoms with Crippen molar-refractivity contribution in [2.45, 2.75) is 18.2 Å². The van der Waals surface area contributed by atoms with E-state index in [9.17, 15) is 4.79 Å². The third-order valence-corrected chi connectivity index (χ3v) is 6.40. The molecule has 0 aliphatic heterocycles. The highest BCUT2D eigenvalue weighted by molar-refractivity contribution is 8.01. The van der Waals surface area contributed by atoms with Crippen molar-refractivity contribution in [1.82, 2.24) is 14.8 Å². The zero-order chi connectivity index (χ0) is 20.1. The Kier molecular flexibility index (Phi) is 7.12. The maximum absolute atomic E-state index is 12.8. The van der Waals surface area contributed by atoms with Crippen molar-refractivity contribution in [2.24, 2.45) is 0 Å². The molecule has 3 aromatic rings. The highest BCUT2D eigenvalue weighted by Gasteiger charge is 2.17. The van der Waals surface area contributed by atoms with Gasteiger partial charge in [0.05, 0.1) is 12.4 Å². The lowest BCUT2D eigenvalue weighted by Gasteiger charge is -2.10. The minimum atomic E-state index is 0.0717. The number of aryl methyl sites for hydroxylation is 1. The second-order valence-electron chi connectivity index (χ2n) is 6.10. The Labute approximate surface area is 177 Å². The van der Waals surface area contributed by atoms with Crippen LogP contribution < -0.4 is 5.32 Å². The molecule has 28 heavy (non-hydrogen) atoms. The summed E-state index contributed by atoms with van der Waals surface area (Å²) in [7, 11) is 1.65. The number of hydrogen-bond acceptors (Lipinski definition) is 7.